The van der Waals surface area contributed by atoms with Crippen LogP contribution in [-0.2, 0) is 0 Å². The molecule has 0 saturated heterocycles. The molecule has 0 aliphatic heterocycles. The predicted molar refractivity (Wildman–Crippen MR) is 69.7 cm³/mol. The van der Waals surface area contributed by atoms with Crippen molar-refractivity contribution in [1.29, 1.82) is 0 Å². The van der Waals surface area contributed by atoms with E-state index in [4.69, 9.17) is 4.74 Å². The molecule has 1 aromatic carbocycles. The zero-order chi connectivity index (χ0) is 13.1. The van der Waals surface area contributed by atoms with Crippen LogP contribution in [0.2, 0.25) is 0 Å². The van der Waals surface area contributed by atoms with Crippen LogP contribution < -0.4 is 4.74 Å². The van der Waals surface area contributed by atoms with E-state index < -0.39 is 11.0 Å². The monoisotopic (exact) mass is 315 g/mol. The van der Waals surface area contributed by atoms with Crippen LogP contribution in [0.3, 0.4) is 0 Å². The Morgan fingerprint density at radius 2 is 2.06 bits per heavy atom. The fourth-order valence-corrected chi connectivity index (χ4v) is 2.57. The summed E-state index contributed by atoms with van der Waals surface area (Å²) >= 11 is 3.21. The Morgan fingerprint density at radius 3 is 2.72 bits per heavy atom. The lowest BCUT2D eigenvalue weighted by Crippen LogP contribution is -2.34. The number of aliphatic hydroxyl groups excluding tert-OH is 1. The number of hydrogen-bond acceptors (Lipinski definition) is 4. The van der Waals surface area contributed by atoms with Gasteiger partial charge in [-0.1, -0.05) is 22.4 Å². The van der Waals surface area contributed by atoms with Crippen molar-refractivity contribution in [3.63, 3.8) is 0 Å². The molecule has 1 N–H and O–H groups in total. The van der Waals surface area contributed by atoms with Gasteiger partial charge < -0.3 is 9.84 Å². The van der Waals surface area contributed by atoms with Crippen molar-refractivity contribution in [2.45, 2.75) is 37.9 Å². The average molecular weight is 316 g/mol. The third-order valence-electron chi connectivity index (χ3n) is 3.02. The summed E-state index contributed by atoms with van der Waals surface area (Å²) in [6.45, 7) is 0. The van der Waals surface area contributed by atoms with E-state index >= 15 is 0 Å². The van der Waals surface area contributed by atoms with Gasteiger partial charge in [0.15, 0.2) is 0 Å². The van der Waals surface area contributed by atoms with E-state index in [-0.39, 0.29) is 11.8 Å². The summed E-state index contributed by atoms with van der Waals surface area (Å²) in [5, 5.41) is 20.5. The highest BCUT2D eigenvalue weighted by molar-refractivity contribution is 9.10. The van der Waals surface area contributed by atoms with Gasteiger partial charge in [-0.15, -0.1) is 0 Å². The van der Waals surface area contributed by atoms with Crippen LogP contribution in [0.4, 0.5) is 5.69 Å². The third kappa shape index (κ3) is 3.20. The van der Waals surface area contributed by atoms with Crippen molar-refractivity contribution < 1.29 is 14.8 Å². The van der Waals surface area contributed by atoms with Crippen LogP contribution in [-0.4, -0.2) is 22.2 Å². The SMILES string of the molecule is O=[N+]([O-])c1cc(Br)cc(O[C@H]2CCCC[C@@H]2O)c1. The summed E-state index contributed by atoms with van der Waals surface area (Å²) < 4.78 is 6.25. The maximum absolute atomic E-state index is 10.7. The second kappa shape index (κ2) is 5.67. The lowest BCUT2D eigenvalue weighted by Gasteiger charge is -2.28. The van der Waals surface area contributed by atoms with Crippen molar-refractivity contribution in [3.05, 3.63) is 32.8 Å². The van der Waals surface area contributed by atoms with Gasteiger partial charge in [-0.05, 0) is 25.3 Å². The molecule has 0 bridgehead atoms. The standard InChI is InChI=1S/C12H14BrNO4/c13-8-5-9(14(16)17)7-10(6-8)18-12-4-2-1-3-11(12)15/h5-7,11-12,15H,1-4H2/t11-,12-/m0/s1. The predicted octanol–water partition coefficient (Wildman–Crippen LogP) is 3.04. The molecule has 1 saturated carbocycles. The van der Waals surface area contributed by atoms with Gasteiger partial charge in [0, 0.05) is 10.5 Å². The molecule has 1 aromatic rings. The van der Waals surface area contributed by atoms with Crippen LogP contribution in [0.25, 0.3) is 0 Å². The first-order valence-corrected chi connectivity index (χ1v) is 6.65. The van der Waals surface area contributed by atoms with Crippen LogP contribution in [0.5, 0.6) is 5.75 Å². The van der Waals surface area contributed by atoms with Gasteiger partial charge in [0.25, 0.3) is 5.69 Å². The first-order chi connectivity index (χ1) is 8.56. The van der Waals surface area contributed by atoms with E-state index in [1.165, 1.54) is 12.1 Å². The Morgan fingerprint density at radius 1 is 1.33 bits per heavy atom. The van der Waals surface area contributed by atoms with E-state index in [0.29, 0.717) is 10.2 Å². The molecular formula is C12H14BrNO4. The number of nitrogens with zero attached hydrogens (tertiary/aromatic N) is 1. The van der Waals surface area contributed by atoms with Gasteiger partial charge >= 0.3 is 0 Å². The molecule has 2 atom stereocenters. The van der Waals surface area contributed by atoms with E-state index in [9.17, 15) is 15.2 Å². The number of nitro benzene ring substituents is 1. The Kier molecular flexibility index (Phi) is 4.19. The van der Waals surface area contributed by atoms with Crippen LogP contribution >= 0.6 is 15.9 Å². The molecule has 0 amide bonds. The first-order valence-electron chi connectivity index (χ1n) is 5.86. The molecule has 0 heterocycles. The molecule has 0 spiro atoms. The van der Waals surface area contributed by atoms with E-state index in [2.05, 4.69) is 15.9 Å². The van der Waals surface area contributed by atoms with Gasteiger partial charge in [0.2, 0.25) is 0 Å². The molecule has 0 aromatic heterocycles. The highest BCUT2D eigenvalue weighted by atomic mass is 79.9. The number of non-ortho nitro benzene ring substituents is 1. The van der Waals surface area contributed by atoms with Gasteiger partial charge in [-0.2, -0.15) is 0 Å². The number of rotatable bonds is 3. The van der Waals surface area contributed by atoms with Crippen molar-refractivity contribution in [3.8, 4) is 5.75 Å². The summed E-state index contributed by atoms with van der Waals surface area (Å²) in [6.07, 6.45) is 2.75. The number of nitro groups is 1. The topological polar surface area (TPSA) is 72.6 Å². The Labute approximate surface area is 113 Å². The summed E-state index contributed by atoms with van der Waals surface area (Å²) in [6, 6.07) is 4.48. The quantitative estimate of drug-likeness (QED) is 0.687. The highest BCUT2D eigenvalue weighted by Crippen LogP contribution is 2.29. The number of aliphatic hydroxyl groups is 1. The highest BCUT2D eigenvalue weighted by Gasteiger charge is 2.25. The average Bonchev–Trinajstić information content (AvgIpc) is 2.31. The normalized spacial score (nSPS) is 23.7. The Balaban J connectivity index is 2.15. The molecule has 5 nitrogen and oxygen atoms in total. The van der Waals surface area contributed by atoms with Gasteiger partial charge in [-0.25, -0.2) is 0 Å². The fourth-order valence-electron chi connectivity index (χ4n) is 2.11. The van der Waals surface area contributed by atoms with Crippen molar-refractivity contribution in [1.82, 2.24) is 0 Å². The van der Waals surface area contributed by atoms with Gasteiger partial charge in [0.1, 0.15) is 11.9 Å². The minimum atomic E-state index is -0.489. The molecular weight excluding hydrogens is 302 g/mol. The van der Waals surface area contributed by atoms with E-state index in [1.807, 2.05) is 0 Å². The van der Waals surface area contributed by atoms with E-state index in [1.54, 1.807) is 6.07 Å². The molecule has 98 valence electrons. The minimum absolute atomic E-state index is 0.0234. The maximum Gasteiger partial charge on any atom is 0.274 e. The molecule has 18 heavy (non-hydrogen) atoms. The molecule has 1 aliphatic rings. The first kappa shape index (κ1) is 13.3. The van der Waals surface area contributed by atoms with Gasteiger partial charge in [-0.3, -0.25) is 10.1 Å². The molecule has 6 heteroatoms. The van der Waals surface area contributed by atoms with Crippen LogP contribution in [0.15, 0.2) is 22.7 Å². The zero-order valence-corrected chi connectivity index (χ0v) is 11.3. The van der Waals surface area contributed by atoms with Crippen molar-refractivity contribution in [2.75, 3.05) is 0 Å². The second-order valence-electron chi connectivity index (χ2n) is 4.41. The number of hydrogen-bond donors (Lipinski definition) is 1. The molecule has 0 radical (unpaired) electrons. The summed E-state index contributed by atoms with van der Waals surface area (Å²) in [7, 11) is 0. The van der Waals surface area contributed by atoms with Gasteiger partial charge in [0.05, 0.1) is 17.1 Å². The second-order valence-corrected chi connectivity index (χ2v) is 5.33. The van der Waals surface area contributed by atoms with Crippen molar-refractivity contribution >= 4 is 21.6 Å². The van der Waals surface area contributed by atoms with Crippen LogP contribution in [0.1, 0.15) is 25.7 Å². The lowest BCUT2D eigenvalue weighted by molar-refractivity contribution is -0.385. The fraction of sp³-hybridized carbons (Fsp3) is 0.500. The molecule has 0 unspecified atom stereocenters. The van der Waals surface area contributed by atoms with E-state index in [0.717, 1.165) is 25.7 Å². The van der Waals surface area contributed by atoms with Crippen LogP contribution in [0, 0.1) is 10.1 Å². The molecule has 2 rings (SSSR count). The summed E-state index contributed by atoms with van der Waals surface area (Å²) in [5.41, 5.74) is -0.0234. The largest absolute Gasteiger partial charge is 0.487 e. The molecule has 1 fully saturated rings. The maximum atomic E-state index is 10.7. The number of ether oxygens (including phenoxy) is 1. The Bertz CT molecular complexity index is 452. The lowest BCUT2D eigenvalue weighted by atomic mass is 9.95. The summed E-state index contributed by atoms with van der Waals surface area (Å²) in [4.78, 5) is 10.3. The minimum Gasteiger partial charge on any atom is -0.487 e. The molecule has 1 aliphatic carbocycles. The smallest absolute Gasteiger partial charge is 0.274 e. The number of halogens is 1. The third-order valence-corrected chi connectivity index (χ3v) is 3.48. The van der Waals surface area contributed by atoms with Crippen molar-refractivity contribution in [2.24, 2.45) is 0 Å². The summed E-state index contributed by atoms with van der Waals surface area (Å²) in [5.74, 6) is 0.419. The Hall–Kier alpha value is -1.14. The zero-order valence-electron chi connectivity index (χ0n) is 9.71. The number of benzene rings is 1.